The number of sulfonamides is 1. The van der Waals surface area contributed by atoms with Crippen molar-refractivity contribution in [2.24, 2.45) is 0 Å². The third kappa shape index (κ3) is 6.16. The zero-order valence-corrected chi connectivity index (χ0v) is 16.4. The molecule has 1 rings (SSSR count). The molecule has 22 heavy (non-hydrogen) atoms. The summed E-state index contributed by atoms with van der Waals surface area (Å²) in [5.74, 6) is 0. The van der Waals surface area contributed by atoms with E-state index in [2.05, 4.69) is 39.4 Å². The Hall–Kier alpha value is -0.140. The van der Waals surface area contributed by atoms with Gasteiger partial charge in [0.05, 0.1) is 5.02 Å². The van der Waals surface area contributed by atoms with Crippen molar-refractivity contribution in [2.45, 2.75) is 44.6 Å². The maximum atomic E-state index is 12.4. The van der Waals surface area contributed by atoms with E-state index in [1.54, 1.807) is 12.1 Å². The molecule has 1 aromatic carbocycles. The summed E-state index contributed by atoms with van der Waals surface area (Å²) in [6.45, 7) is 9.16. The van der Waals surface area contributed by atoms with Gasteiger partial charge in [0.15, 0.2) is 0 Å². The van der Waals surface area contributed by atoms with Gasteiger partial charge in [-0.3, -0.25) is 0 Å². The first kappa shape index (κ1) is 19.9. The molecule has 0 aliphatic carbocycles. The zero-order valence-electron chi connectivity index (χ0n) is 13.3. The van der Waals surface area contributed by atoms with Gasteiger partial charge < -0.3 is 4.90 Å². The summed E-state index contributed by atoms with van der Waals surface area (Å²) in [5.41, 5.74) is 0. The van der Waals surface area contributed by atoms with Crippen LogP contribution in [0.4, 0.5) is 0 Å². The second-order valence-electron chi connectivity index (χ2n) is 5.27. The minimum atomic E-state index is -3.59. The lowest BCUT2D eigenvalue weighted by molar-refractivity contribution is 0.293. The normalized spacial score (nSPS) is 13.5. The second-order valence-corrected chi connectivity index (χ2v) is 8.27. The monoisotopic (exact) mass is 410 g/mol. The molecule has 0 radical (unpaired) electrons. The molecule has 0 aliphatic heterocycles. The second kappa shape index (κ2) is 9.23. The Labute approximate surface area is 147 Å². The highest BCUT2D eigenvalue weighted by Gasteiger charge is 2.20. The van der Waals surface area contributed by atoms with Gasteiger partial charge >= 0.3 is 0 Å². The molecular formula is C15H24BrClN2O2S. The summed E-state index contributed by atoms with van der Waals surface area (Å²) in [6.07, 6.45) is 1.75. The fourth-order valence-corrected chi connectivity index (χ4v) is 4.56. The third-order valence-electron chi connectivity index (χ3n) is 3.55. The number of nitrogens with zero attached hydrogens (tertiary/aromatic N) is 1. The molecule has 0 saturated carbocycles. The SMILES string of the molecule is CCN(CC)CCC[C@H](C)NS(=O)(=O)c1ccc(Br)cc1Cl. The van der Waals surface area contributed by atoms with Crippen LogP contribution in [-0.4, -0.2) is 39.0 Å². The highest BCUT2D eigenvalue weighted by Crippen LogP contribution is 2.25. The Balaban J connectivity index is 2.60. The van der Waals surface area contributed by atoms with Crippen LogP contribution in [0.15, 0.2) is 27.6 Å². The highest BCUT2D eigenvalue weighted by atomic mass is 79.9. The average molecular weight is 412 g/mol. The van der Waals surface area contributed by atoms with Crippen LogP contribution < -0.4 is 4.72 Å². The average Bonchev–Trinajstić information content (AvgIpc) is 2.42. The summed E-state index contributed by atoms with van der Waals surface area (Å²) in [4.78, 5) is 2.44. The van der Waals surface area contributed by atoms with E-state index in [0.717, 1.165) is 36.9 Å². The minimum Gasteiger partial charge on any atom is -0.304 e. The molecule has 0 unspecified atom stereocenters. The Morgan fingerprint density at radius 3 is 2.50 bits per heavy atom. The van der Waals surface area contributed by atoms with E-state index < -0.39 is 10.0 Å². The van der Waals surface area contributed by atoms with Crippen LogP contribution in [0, 0.1) is 0 Å². The van der Waals surface area contributed by atoms with Gasteiger partial charge in [-0.15, -0.1) is 0 Å². The van der Waals surface area contributed by atoms with Crippen molar-refractivity contribution in [1.29, 1.82) is 0 Å². The number of nitrogens with one attached hydrogen (secondary N) is 1. The summed E-state index contributed by atoms with van der Waals surface area (Å²) >= 11 is 9.30. The molecule has 1 atom stereocenters. The number of rotatable bonds is 9. The maximum absolute atomic E-state index is 12.4. The maximum Gasteiger partial charge on any atom is 0.242 e. The lowest BCUT2D eigenvalue weighted by Crippen LogP contribution is -2.33. The molecule has 4 nitrogen and oxygen atoms in total. The van der Waals surface area contributed by atoms with E-state index in [0.29, 0.717) is 0 Å². The third-order valence-corrected chi connectivity index (χ3v) is 6.11. The van der Waals surface area contributed by atoms with Gasteiger partial charge in [-0.2, -0.15) is 0 Å². The van der Waals surface area contributed by atoms with Crippen molar-refractivity contribution in [3.8, 4) is 0 Å². The van der Waals surface area contributed by atoms with Crippen molar-refractivity contribution in [3.63, 3.8) is 0 Å². The predicted octanol–water partition coefficient (Wildman–Crippen LogP) is 3.89. The van der Waals surface area contributed by atoms with Crippen LogP contribution in [0.25, 0.3) is 0 Å². The molecule has 0 amide bonds. The molecule has 1 N–H and O–H groups in total. The van der Waals surface area contributed by atoms with Crippen LogP contribution in [-0.2, 0) is 10.0 Å². The van der Waals surface area contributed by atoms with Crippen LogP contribution in [0.1, 0.15) is 33.6 Å². The number of hydrogen-bond acceptors (Lipinski definition) is 3. The minimum absolute atomic E-state index is 0.118. The summed E-state index contributed by atoms with van der Waals surface area (Å²) in [7, 11) is -3.59. The Morgan fingerprint density at radius 1 is 1.32 bits per heavy atom. The lowest BCUT2D eigenvalue weighted by Gasteiger charge is -2.20. The molecular weight excluding hydrogens is 388 g/mol. The number of hydrogen-bond donors (Lipinski definition) is 1. The van der Waals surface area contributed by atoms with Crippen molar-refractivity contribution < 1.29 is 8.42 Å². The molecule has 126 valence electrons. The Kier molecular flexibility index (Phi) is 8.35. The van der Waals surface area contributed by atoms with Crippen molar-refractivity contribution >= 4 is 37.6 Å². The van der Waals surface area contributed by atoms with Gasteiger partial charge in [-0.25, -0.2) is 13.1 Å². The first-order chi connectivity index (χ1) is 10.3. The molecule has 0 saturated heterocycles. The number of benzene rings is 1. The fraction of sp³-hybridized carbons (Fsp3) is 0.600. The van der Waals surface area contributed by atoms with E-state index >= 15 is 0 Å². The van der Waals surface area contributed by atoms with E-state index in [1.165, 1.54) is 6.07 Å². The zero-order chi connectivity index (χ0) is 16.8. The van der Waals surface area contributed by atoms with Gasteiger partial charge in [0.25, 0.3) is 0 Å². The Morgan fingerprint density at radius 2 is 1.95 bits per heavy atom. The molecule has 0 aliphatic rings. The van der Waals surface area contributed by atoms with E-state index in [1.807, 2.05) is 6.92 Å². The number of halogens is 2. The van der Waals surface area contributed by atoms with Gasteiger partial charge in [0.2, 0.25) is 10.0 Å². The topological polar surface area (TPSA) is 49.4 Å². The molecule has 0 aromatic heterocycles. The van der Waals surface area contributed by atoms with Gasteiger partial charge in [0.1, 0.15) is 4.90 Å². The summed E-state index contributed by atoms with van der Waals surface area (Å²) in [5, 5.41) is 0.220. The molecule has 0 fully saturated rings. The largest absolute Gasteiger partial charge is 0.304 e. The standard InChI is InChI=1S/C15H24BrClN2O2S/c1-4-19(5-2)10-6-7-12(3)18-22(20,21)15-9-8-13(16)11-14(15)17/h8-9,11-12,18H,4-7,10H2,1-3H3/t12-/m0/s1. The van der Waals surface area contributed by atoms with Crippen LogP contribution in [0.3, 0.4) is 0 Å². The van der Waals surface area contributed by atoms with Crippen molar-refractivity contribution in [2.75, 3.05) is 19.6 Å². The van der Waals surface area contributed by atoms with Gasteiger partial charge in [-0.1, -0.05) is 41.4 Å². The van der Waals surface area contributed by atoms with Gasteiger partial charge in [0, 0.05) is 10.5 Å². The van der Waals surface area contributed by atoms with Crippen LogP contribution >= 0.6 is 27.5 Å². The van der Waals surface area contributed by atoms with Crippen molar-refractivity contribution in [1.82, 2.24) is 9.62 Å². The van der Waals surface area contributed by atoms with E-state index in [9.17, 15) is 8.42 Å². The fourth-order valence-electron chi connectivity index (χ4n) is 2.24. The van der Waals surface area contributed by atoms with Crippen LogP contribution in [0.2, 0.25) is 5.02 Å². The first-order valence-corrected chi connectivity index (χ1v) is 10.1. The molecule has 0 heterocycles. The lowest BCUT2D eigenvalue weighted by atomic mass is 10.2. The molecule has 0 bridgehead atoms. The molecule has 0 spiro atoms. The molecule has 7 heteroatoms. The predicted molar refractivity (Wildman–Crippen MR) is 96.0 cm³/mol. The Bertz CT molecular complexity index is 577. The van der Waals surface area contributed by atoms with E-state index in [4.69, 9.17) is 11.6 Å². The van der Waals surface area contributed by atoms with Gasteiger partial charge in [-0.05, 0) is 57.6 Å². The summed E-state index contributed by atoms with van der Waals surface area (Å²) in [6, 6.07) is 4.64. The molecule has 1 aromatic rings. The quantitative estimate of drug-likeness (QED) is 0.670. The smallest absolute Gasteiger partial charge is 0.242 e. The summed E-state index contributed by atoms with van der Waals surface area (Å²) < 4.78 is 28.2. The first-order valence-electron chi connectivity index (χ1n) is 7.49. The highest BCUT2D eigenvalue weighted by molar-refractivity contribution is 9.10. The van der Waals surface area contributed by atoms with Crippen LogP contribution in [0.5, 0.6) is 0 Å². The van der Waals surface area contributed by atoms with Crippen molar-refractivity contribution in [3.05, 3.63) is 27.7 Å². The van der Waals surface area contributed by atoms with E-state index in [-0.39, 0.29) is 16.0 Å².